The van der Waals surface area contributed by atoms with Crippen molar-refractivity contribution in [3.05, 3.63) is 70.2 Å². The van der Waals surface area contributed by atoms with Gasteiger partial charge < -0.3 is 0 Å². The van der Waals surface area contributed by atoms with Crippen LogP contribution in [0.3, 0.4) is 0 Å². The van der Waals surface area contributed by atoms with E-state index < -0.39 is 9.84 Å². The van der Waals surface area contributed by atoms with Crippen molar-refractivity contribution in [3.8, 4) is 0 Å². The summed E-state index contributed by atoms with van der Waals surface area (Å²) in [5.41, 5.74) is 1.89. The topological polar surface area (TPSA) is 34.1 Å². The van der Waals surface area contributed by atoms with Crippen molar-refractivity contribution < 1.29 is 8.42 Å². The van der Waals surface area contributed by atoms with Gasteiger partial charge in [0.25, 0.3) is 0 Å². The van der Waals surface area contributed by atoms with E-state index in [1.54, 1.807) is 0 Å². The van der Waals surface area contributed by atoms with E-state index in [1.807, 2.05) is 61.5 Å². The number of hydrogen-bond donors (Lipinski definition) is 0. The molecule has 2 aromatic carbocycles. The van der Waals surface area contributed by atoms with Crippen LogP contribution in [-0.4, -0.2) is 14.2 Å². The highest BCUT2D eigenvalue weighted by Crippen LogP contribution is 2.21. The Bertz CT molecular complexity index is 649. The number of rotatable bonds is 5. The maximum atomic E-state index is 12.2. The van der Waals surface area contributed by atoms with Crippen LogP contribution in [0.5, 0.6) is 0 Å². The third-order valence-electron chi connectivity index (χ3n) is 3.17. The Morgan fingerprint density at radius 3 is 2.20 bits per heavy atom. The van der Waals surface area contributed by atoms with E-state index in [2.05, 4.69) is 15.9 Å². The fraction of sp³-hybridized carbons (Fsp3) is 0.250. The summed E-state index contributed by atoms with van der Waals surface area (Å²) in [6.45, 7) is 1.95. The van der Waals surface area contributed by atoms with Gasteiger partial charge in [-0.15, -0.1) is 0 Å². The predicted octanol–water partition coefficient (Wildman–Crippen LogP) is 4.17. The number of hydrogen-bond acceptors (Lipinski definition) is 2. The van der Waals surface area contributed by atoms with E-state index in [-0.39, 0.29) is 17.4 Å². The Hall–Kier alpha value is -1.13. The minimum absolute atomic E-state index is 0.00295. The quantitative estimate of drug-likeness (QED) is 0.809. The molecule has 0 radical (unpaired) electrons. The molecule has 0 fully saturated rings. The van der Waals surface area contributed by atoms with Crippen molar-refractivity contribution in [2.75, 3.05) is 5.75 Å². The molecule has 1 atom stereocenters. The van der Waals surface area contributed by atoms with Gasteiger partial charge in [-0.2, -0.15) is 0 Å². The monoisotopic (exact) mass is 352 g/mol. The minimum atomic E-state index is -3.10. The predicted molar refractivity (Wildman–Crippen MR) is 86.5 cm³/mol. The summed E-state index contributed by atoms with van der Waals surface area (Å²) in [4.78, 5) is 0. The zero-order valence-electron chi connectivity index (χ0n) is 11.3. The molecule has 0 amide bonds. The molecule has 0 aromatic heterocycles. The zero-order chi connectivity index (χ0) is 14.6. The fourth-order valence-electron chi connectivity index (χ4n) is 2.16. The van der Waals surface area contributed by atoms with Crippen molar-refractivity contribution in [1.82, 2.24) is 0 Å². The van der Waals surface area contributed by atoms with Gasteiger partial charge in [0.1, 0.15) is 0 Å². The van der Waals surface area contributed by atoms with E-state index in [0.29, 0.717) is 0 Å². The van der Waals surface area contributed by atoms with Gasteiger partial charge in [-0.25, -0.2) is 8.42 Å². The van der Waals surface area contributed by atoms with Gasteiger partial charge in [0.15, 0.2) is 9.84 Å². The summed E-state index contributed by atoms with van der Waals surface area (Å²) in [5, 5.41) is 0. The second-order valence-corrected chi connectivity index (χ2v) is 8.02. The molecular weight excluding hydrogens is 336 g/mol. The average molecular weight is 353 g/mol. The molecular formula is C16H17BrO2S. The molecule has 0 spiro atoms. The van der Waals surface area contributed by atoms with E-state index in [0.717, 1.165) is 15.6 Å². The molecule has 0 bridgehead atoms. The first kappa shape index (κ1) is 15.3. The highest BCUT2D eigenvalue weighted by Gasteiger charge is 2.17. The molecule has 4 heteroatoms. The first-order valence-corrected chi connectivity index (χ1v) is 9.07. The Balaban J connectivity index is 2.06. The van der Waals surface area contributed by atoms with Crippen molar-refractivity contribution >= 4 is 25.8 Å². The largest absolute Gasteiger partial charge is 0.228 e. The molecule has 0 unspecified atom stereocenters. The van der Waals surface area contributed by atoms with Gasteiger partial charge >= 0.3 is 0 Å². The van der Waals surface area contributed by atoms with Crippen LogP contribution in [0, 0.1) is 0 Å². The van der Waals surface area contributed by atoms with Crippen LogP contribution in [0.2, 0.25) is 0 Å². The van der Waals surface area contributed by atoms with E-state index in [9.17, 15) is 8.42 Å². The zero-order valence-corrected chi connectivity index (χ0v) is 13.7. The van der Waals surface area contributed by atoms with Crippen LogP contribution in [0.15, 0.2) is 59.1 Å². The summed E-state index contributed by atoms with van der Waals surface area (Å²) < 4.78 is 25.5. The Kier molecular flexibility index (Phi) is 5.00. The van der Waals surface area contributed by atoms with Crippen LogP contribution in [0.25, 0.3) is 0 Å². The standard InChI is InChI=1S/C16H17BrO2S/c1-13(15-7-9-16(17)10-8-15)11-20(18,19)12-14-5-3-2-4-6-14/h2-10,13H,11-12H2,1H3/t13-/m1/s1. The number of sulfone groups is 1. The van der Waals surface area contributed by atoms with Crippen molar-refractivity contribution in [3.63, 3.8) is 0 Å². The molecule has 0 saturated carbocycles. The summed E-state index contributed by atoms with van der Waals surface area (Å²) in [5.74, 6) is 0.273. The fourth-order valence-corrected chi connectivity index (χ4v) is 4.19. The van der Waals surface area contributed by atoms with Crippen molar-refractivity contribution in [2.45, 2.75) is 18.6 Å². The molecule has 0 aliphatic heterocycles. The first-order chi connectivity index (χ1) is 9.46. The maximum absolute atomic E-state index is 12.2. The van der Waals surface area contributed by atoms with Crippen LogP contribution in [-0.2, 0) is 15.6 Å². The molecule has 2 nitrogen and oxygen atoms in total. The van der Waals surface area contributed by atoms with Gasteiger partial charge in [-0.05, 0) is 29.2 Å². The SMILES string of the molecule is C[C@H](CS(=O)(=O)Cc1ccccc1)c1ccc(Br)cc1. The highest BCUT2D eigenvalue weighted by atomic mass is 79.9. The lowest BCUT2D eigenvalue weighted by atomic mass is 10.0. The molecule has 0 aliphatic rings. The van der Waals surface area contributed by atoms with Gasteiger partial charge in [0, 0.05) is 4.47 Å². The summed E-state index contributed by atoms with van der Waals surface area (Å²) >= 11 is 3.38. The van der Waals surface area contributed by atoms with Gasteiger partial charge in [-0.1, -0.05) is 65.3 Å². The summed E-state index contributed by atoms with van der Waals surface area (Å²) in [6.07, 6.45) is 0. The van der Waals surface area contributed by atoms with Crippen LogP contribution >= 0.6 is 15.9 Å². The van der Waals surface area contributed by atoms with Gasteiger partial charge in [-0.3, -0.25) is 0 Å². The normalized spacial score (nSPS) is 13.1. The lowest BCUT2D eigenvalue weighted by Crippen LogP contribution is -2.14. The maximum Gasteiger partial charge on any atom is 0.155 e. The van der Waals surface area contributed by atoms with Crippen molar-refractivity contribution in [2.24, 2.45) is 0 Å². The molecule has 0 saturated heterocycles. The molecule has 106 valence electrons. The first-order valence-electron chi connectivity index (χ1n) is 6.46. The second kappa shape index (κ2) is 6.55. The lowest BCUT2D eigenvalue weighted by molar-refractivity contribution is 0.589. The molecule has 0 heterocycles. The molecule has 2 aromatic rings. The van der Waals surface area contributed by atoms with E-state index >= 15 is 0 Å². The van der Waals surface area contributed by atoms with Gasteiger partial charge in [0.05, 0.1) is 11.5 Å². The van der Waals surface area contributed by atoms with E-state index in [1.165, 1.54) is 0 Å². The molecule has 0 aliphatic carbocycles. The van der Waals surface area contributed by atoms with E-state index in [4.69, 9.17) is 0 Å². The molecule has 20 heavy (non-hydrogen) atoms. The third kappa shape index (κ3) is 4.46. The minimum Gasteiger partial charge on any atom is -0.228 e. The lowest BCUT2D eigenvalue weighted by Gasteiger charge is -2.12. The number of benzene rings is 2. The Labute approximate surface area is 128 Å². The van der Waals surface area contributed by atoms with Crippen molar-refractivity contribution in [1.29, 1.82) is 0 Å². The molecule has 0 N–H and O–H groups in total. The molecule has 2 rings (SSSR count). The van der Waals surface area contributed by atoms with Crippen LogP contribution in [0.4, 0.5) is 0 Å². The smallest absolute Gasteiger partial charge is 0.155 e. The third-order valence-corrected chi connectivity index (χ3v) is 5.48. The highest BCUT2D eigenvalue weighted by molar-refractivity contribution is 9.10. The number of halogens is 1. The van der Waals surface area contributed by atoms with Crippen LogP contribution in [0.1, 0.15) is 24.0 Å². The Morgan fingerprint density at radius 2 is 1.60 bits per heavy atom. The summed E-state index contributed by atoms with van der Waals surface area (Å²) in [6, 6.07) is 17.1. The average Bonchev–Trinajstić information content (AvgIpc) is 2.39. The second-order valence-electron chi connectivity index (χ2n) is 4.99. The summed E-state index contributed by atoms with van der Waals surface area (Å²) in [7, 11) is -3.10. The van der Waals surface area contributed by atoms with Gasteiger partial charge in [0.2, 0.25) is 0 Å². The Morgan fingerprint density at radius 1 is 1.00 bits per heavy atom. The van der Waals surface area contributed by atoms with Crippen LogP contribution < -0.4 is 0 Å².